The summed E-state index contributed by atoms with van der Waals surface area (Å²) in [6.45, 7) is 4.52. The summed E-state index contributed by atoms with van der Waals surface area (Å²) in [7, 11) is 1.73. The Morgan fingerprint density at radius 2 is 2.00 bits per heavy atom. The van der Waals surface area contributed by atoms with Gasteiger partial charge in [-0.15, -0.1) is 0 Å². The van der Waals surface area contributed by atoms with E-state index >= 15 is 0 Å². The lowest BCUT2D eigenvalue weighted by Gasteiger charge is -2.36. The summed E-state index contributed by atoms with van der Waals surface area (Å²) in [5.41, 5.74) is 1.25. The number of para-hydroxylation sites is 1. The maximum Gasteiger partial charge on any atom is 0.123 e. The van der Waals surface area contributed by atoms with E-state index in [2.05, 4.69) is 31.3 Å². The highest BCUT2D eigenvalue weighted by Crippen LogP contribution is 2.30. The summed E-state index contributed by atoms with van der Waals surface area (Å²) in [5.74, 6) is 1.87. The number of methoxy groups -OCH3 is 1. The molecule has 2 rings (SSSR count). The molecule has 0 unspecified atom stereocenters. The number of hydrogen-bond donors (Lipinski definition) is 1. The molecule has 2 heteroatoms. The largest absolute Gasteiger partial charge is 0.496 e. The normalized spacial score (nSPS) is 25.9. The topological polar surface area (TPSA) is 21.3 Å². The highest BCUT2D eigenvalue weighted by Gasteiger charge is 2.26. The van der Waals surface area contributed by atoms with Gasteiger partial charge in [0.15, 0.2) is 0 Å². The van der Waals surface area contributed by atoms with E-state index in [1.165, 1.54) is 18.4 Å². The van der Waals surface area contributed by atoms with E-state index in [0.717, 1.165) is 11.7 Å². The quantitative estimate of drug-likeness (QED) is 0.840. The Kier molecular flexibility index (Phi) is 3.49. The van der Waals surface area contributed by atoms with Crippen LogP contribution in [-0.2, 0) is 0 Å². The molecule has 2 nitrogen and oxygen atoms in total. The first-order chi connectivity index (χ1) is 7.70. The van der Waals surface area contributed by atoms with E-state index in [9.17, 15) is 0 Å². The summed E-state index contributed by atoms with van der Waals surface area (Å²) >= 11 is 0. The first-order valence-electron chi connectivity index (χ1n) is 6.09. The minimum Gasteiger partial charge on any atom is -0.496 e. The molecule has 1 aliphatic rings. The molecular weight excluding hydrogens is 198 g/mol. The molecule has 16 heavy (non-hydrogen) atoms. The van der Waals surface area contributed by atoms with E-state index in [-0.39, 0.29) is 0 Å². The van der Waals surface area contributed by atoms with Crippen LogP contribution in [0, 0.1) is 5.92 Å². The molecule has 0 aliphatic heterocycles. The van der Waals surface area contributed by atoms with Gasteiger partial charge in [0.1, 0.15) is 5.75 Å². The average Bonchev–Trinajstić information content (AvgIpc) is 2.27. The van der Waals surface area contributed by atoms with Crippen molar-refractivity contribution in [3.8, 4) is 5.75 Å². The molecule has 0 aromatic heterocycles. The smallest absolute Gasteiger partial charge is 0.123 e. The van der Waals surface area contributed by atoms with E-state index in [1.54, 1.807) is 7.11 Å². The predicted molar refractivity (Wildman–Crippen MR) is 66.7 cm³/mol. The summed E-state index contributed by atoms with van der Waals surface area (Å²) in [5, 5.41) is 3.66. The van der Waals surface area contributed by atoms with Crippen LogP contribution in [0.2, 0.25) is 0 Å². The van der Waals surface area contributed by atoms with Crippen molar-refractivity contribution in [2.24, 2.45) is 5.92 Å². The molecule has 88 valence electrons. The lowest BCUT2D eigenvalue weighted by Crippen LogP contribution is -2.41. The molecule has 0 saturated heterocycles. The Morgan fingerprint density at radius 1 is 1.31 bits per heavy atom. The second kappa shape index (κ2) is 4.88. The second-order valence-corrected chi connectivity index (χ2v) is 4.90. The van der Waals surface area contributed by atoms with Gasteiger partial charge in [0.2, 0.25) is 0 Å². The van der Waals surface area contributed by atoms with Crippen molar-refractivity contribution in [2.45, 2.75) is 38.8 Å². The van der Waals surface area contributed by atoms with Crippen LogP contribution in [0.5, 0.6) is 5.75 Å². The van der Waals surface area contributed by atoms with Crippen LogP contribution < -0.4 is 10.1 Å². The number of nitrogens with one attached hydrogen (secondary N) is 1. The van der Waals surface area contributed by atoms with Gasteiger partial charge in [-0.1, -0.05) is 25.1 Å². The molecule has 0 spiro atoms. The lowest BCUT2D eigenvalue weighted by molar-refractivity contribution is 0.225. The molecule has 0 amide bonds. The molecule has 0 heterocycles. The summed E-state index contributed by atoms with van der Waals surface area (Å²) < 4.78 is 5.38. The van der Waals surface area contributed by atoms with Gasteiger partial charge in [0.25, 0.3) is 0 Å². The Morgan fingerprint density at radius 3 is 2.62 bits per heavy atom. The van der Waals surface area contributed by atoms with E-state index < -0.39 is 0 Å². The zero-order valence-electron chi connectivity index (χ0n) is 10.4. The first kappa shape index (κ1) is 11.5. The van der Waals surface area contributed by atoms with Gasteiger partial charge in [-0.2, -0.15) is 0 Å². The number of benzene rings is 1. The zero-order chi connectivity index (χ0) is 11.5. The van der Waals surface area contributed by atoms with Crippen LogP contribution in [0.15, 0.2) is 24.3 Å². The minimum absolute atomic E-state index is 0.369. The van der Waals surface area contributed by atoms with E-state index in [4.69, 9.17) is 4.74 Å². The van der Waals surface area contributed by atoms with Crippen molar-refractivity contribution in [3.63, 3.8) is 0 Å². The molecule has 1 atom stereocenters. The molecule has 1 aliphatic carbocycles. The Bertz CT molecular complexity index is 344. The Labute approximate surface area is 98.0 Å². The average molecular weight is 219 g/mol. The molecule has 1 aromatic carbocycles. The third-order valence-electron chi connectivity index (χ3n) is 3.46. The SMILES string of the molecule is COc1ccccc1[C@H](C)NC1CC(C)C1. The Balaban J connectivity index is 1.99. The van der Waals surface area contributed by atoms with Crippen molar-refractivity contribution < 1.29 is 4.74 Å². The van der Waals surface area contributed by atoms with Crippen molar-refractivity contribution in [2.75, 3.05) is 7.11 Å². The number of hydrogen-bond acceptors (Lipinski definition) is 2. The fourth-order valence-electron chi connectivity index (χ4n) is 2.51. The van der Waals surface area contributed by atoms with Gasteiger partial charge in [0.05, 0.1) is 7.11 Å². The van der Waals surface area contributed by atoms with Crippen molar-refractivity contribution in [1.29, 1.82) is 0 Å². The van der Waals surface area contributed by atoms with Gasteiger partial charge in [-0.3, -0.25) is 0 Å². The van der Waals surface area contributed by atoms with Crippen LogP contribution in [0.25, 0.3) is 0 Å². The van der Waals surface area contributed by atoms with E-state index in [1.807, 2.05) is 12.1 Å². The molecule has 0 bridgehead atoms. The van der Waals surface area contributed by atoms with Crippen LogP contribution in [0.3, 0.4) is 0 Å². The van der Waals surface area contributed by atoms with Crippen LogP contribution in [0.4, 0.5) is 0 Å². The standard InChI is InChI=1S/C14H21NO/c1-10-8-12(9-10)15-11(2)13-6-4-5-7-14(13)16-3/h4-7,10-12,15H,8-9H2,1-3H3/t10?,11-,12?/m0/s1. The maximum absolute atomic E-state index is 5.38. The van der Waals surface area contributed by atoms with Gasteiger partial charge < -0.3 is 10.1 Å². The third-order valence-corrected chi connectivity index (χ3v) is 3.46. The summed E-state index contributed by atoms with van der Waals surface area (Å²) in [6, 6.07) is 9.30. The third kappa shape index (κ3) is 2.38. The Hall–Kier alpha value is -1.02. The molecular formula is C14H21NO. The van der Waals surface area contributed by atoms with Gasteiger partial charge in [0, 0.05) is 17.6 Å². The van der Waals surface area contributed by atoms with Crippen molar-refractivity contribution >= 4 is 0 Å². The molecule has 1 N–H and O–H groups in total. The maximum atomic E-state index is 5.38. The minimum atomic E-state index is 0.369. The van der Waals surface area contributed by atoms with Crippen molar-refractivity contribution in [1.82, 2.24) is 5.32 Å². The number of ether oxygens (including phenoxy) is 1. The molecule has 1 fully saturated rings. The first-order valence-corrected chi connectivity index (χ1v) is 6.09. The zero-order valence-corrected chi connectivity index (χ0v) is 10.4. The van der Waals surface area contributed by atoms with Crippen molar-refractivity contribution in [3.05, 3.63) is 29.8 Å². The number of rotatable bonds is 4. The molecule has 0 radical (unpaired) electrons. The second-order valence-electron chi connectivity index (χ2n) is 4.90. The summed E-state index contributed by atoms with van der Waals surface area (Å²) in [6.07, 6.45) is 2.61. The monoisotopic (exact) mass is 219 g/mol. The van der Waals surface area contributed by atoms with Crippen LogP contribution >= 0.6 is 0 Å². The molecule has 1 saturated carbocycles. The van der Waals surface area contributed by atoms with Gasteiger partial charge in [-0.25, -0.2) is 0 Å². The van der Waals surface area contributed by atoms with Gasteiger partial charge >= 0.3 is 0 Å². The fourth-order valence-corrected chi connectivity index (χ4v) is 2.51. The van der Waals surface area contributed by atoms with Crippen LogP contribution in [-0.4, -0.2) is 13.2 Å². The van der Waals surface area contributed by atoms with Crippen LogP contribution in [0.1, 0.15) is 38.3 Å². The highest BCUT2D eigenvalue weighted by atomic mass is 16.5. The predicted octanol–water partition coefficient (Wildman–Crippen LogP) is 3.14. The fraction of sp³-hybridized carbons (Fsp3) is 0.571. The van der Waals surface area contributed by atoms with E-state index in [0.29, 0.717) is 12.1 Å². The lowest BCUT2D eigenvalue weighted by atomic mass is 9.81. The molecule has 1 aromatic rings. The highest BCUT2D eigenvalue weighted by molar-refractivity contribution is 5.35. The summed E-state index contributed by atoms with van der Waals surface area (Å²) in [4.78, 5) is 0. The van der Waals surface area contributed by atoms with Gasteiger partial charge in [-0.05, 0) is 31.7 Å².